The topological polar surface area (TPSA) is 63.2 Å². The molecular weight excluding hydrogens is 413 g/mol. The van der Waals surface area contributed by atoms with Crippen LogP contribution in [0.4, 0.5) is 0 Å². The average molecular weight is 436 g/mol. The summed E-state index contributed by atoms with van der Waals surface area (Å²) in [5.74, 6) is -0.125. The van der Waals surface area contributed by atoms with Crippen LogP contribution >= 0.6 is 23.2 Å². The van der Waals surface area contributed by atoms with E-state index in [2.05, 4.69) is 10.6 Å². The lowest BCUT2D eigenvalue weighted by Crippen LogP contribution is -2.48. The summed E-state index contributed by atoms with van der Waals surface area (Å²) in [6.07, 6.45) is 1.18. The van der Waals surface area contributed by atoms with Gasteiger partial charge in [0.25, 0.3) is 5.91 Å². The number of nitrogens with one attached hydrogen (secondary N) is 1. The van der Waals surface area contributed by atoms with E-state index < -0.39 is 0 Å². The van der Waals surface area contributed by atoms with Crippen LogP contribution in [0.1, 0.15) is 21.5 Å². The average Bonchev–Trinajstić information content (AvgIpc) is 2.72. The van der Waals surface area contributed by atoms with Gasteiger partial charge in [-0.05, 0) is 35.4 Å². The molecule has 1 heterocycles. The fourth-order valence-corrected chi connectivity index (χ4v) is 3.35. The summed E-state index contributed by atoms with van der Waals surface area (Å²) in [4.78, 5) is 17.4. The third kappa shape index (κ3) is 6.44. The molecule has 154 valence electrons. The molecule has 1 aliphatic heterocycles. The van der Waals surface area contributed by atoms with E-state index in [1.807, 2.05) is 41.4 Å². The Hall–Kier alpha value is -2.12. The quantitative estimate of drug-likeness (QED) is 0.531. The van der Waals surface area contributed by atoms with Gasteiger partial charge >= 0.3 is 0 Å². The number of ether oxygens (including phenoxy) is 1. The minimum atomic E-state index is -0.125. The molecule has 2 aromatic carbocycles. The molecule has 1 saturated heterocycles. The third-order valence-electron chi connectivity index (χ3n) is 4.51. The van der Waals surface area contributed by atoms with Gasteiger partial charge in [-0.2, -0.15) is 0 Å². The molecule has 0 aliphatic carbocycles. The SMILES string of the molecule is CO/N=C(\Cc1ccc(C(=O)NN2CCOCC2)cc1)Cc1ccc(Cl)c(Cl)c1. The molecule has 0 atom stereocenters. The van der Waals surface area contributed by atoms with Gasteiger partial charge < -0.3 is 9.57 Å². The Morgan fingerprint density at radius 1 is 1.07 bits per heavy atom. The van der Waals surface area contributed by atoms with E-state index in [1.54, 1.807) is 6.07 Å². The molecule has 0 spiro atoms. The van der Waals surface area contributed by atoms with Gasteiger partial charge in [-0.1, -0.05) is 46.6 Å². The van der Waals surface area contributed by atoms with Crippen molar-refractivity contribution < 1.29 is 14.4 Å². The Morgan fingerprint density at radius 2 is 1.72 bits per heavy atom. The van der Waals surface area contributed by atoms with Crippen LogP contribution in [0.15, 0.2) is 47.6 Å². The number of nitrogens with zero attached hydrogens (tertiary/aromatic N) is 2. The highest BCUT2D eigenvalue weighted by Crippen LogP contribution is 2.23. The molecule has 0 unspecified atom stereocenters. The van der Waals surface area contributed by atoms with Gasteiger partial charge in [0.05, 0.1) is 29.0 Å². The minimum absolute atomic E-state index is 0.125. The smallest absolute Gasteiger partial charge is 0.265 e. The maximum absolute atomic E-state index is 12.4. The number of rotatable bonds is 7. The third-order valence-corrected chi connectivity index (χ3v) is 5.25. The molecule has 1 aliphatic rings. The second-order valence-corrected chi connectivity index (χ2v) is 7.49. The van der Waals surface area contributed by atoms with Crippen molar-refractivity contribution in [3.05, 3.63) is 69.2 Å². The summed E-state index contributed by atoms with van der Waals surface area (Å²) in [6.45, 7) is 2.63. The lowest BCUT2D eigenvalue weighted by molar-refractivity contribution is 0.0126. The Morgan fingerprint density at radius 3 is 2.38 bits per heavy atom. The standard InChI is InChI=1S/C21H23Cl2N3O3/c1-28-25-18(13-16-4-7-19(22)20(23)14-16)12-15-2-5-17(6-3-15)21(27)24-26-8-10-29-11-9-26/h2-7,14H,8-13H2,1H3,(H,24,27)/b25-18+. The van der Waals surface area contributed by atoms with Crippen LogP contribution < -0.4 is 5.43 Å². The van der Waals surface area contributed by atoms with Crippen molar-refractivity contribution in [1.29, 1.82) is 0 Å². The van der Waals surface area contributed by atoms with Crippen LogP contribution in [-0.4, -0.2) is 50.0 Å². The monoisotopic (exact) mass is 435 g/mol. The molecule has 29 heavy (non-hydrogen) atoms. The first-order chi connectivity index (χ1) is 14.0. The first-order valence-electron chi connectivity index (χ1n) is 9.30. The maximum Gasteiger partial charge on any atom is 0.265 e. The Labute approximate surface area is 180 Å². The van der Waals surface area contributed by atoms with E-state index in [0.717, 1.165) is 16.8 Å². The van der Waals surface area contributed by atoms with Gasteiger partial charge in [-0.3, -0.25) is 10.2 Å². The predicted octanol–water partition coefficient (Wildman–Crippen LogP) is 3.76. The fraction of sp³-hybridized carbons (Fsp3) is 0.333. The largest absolute Gasteiger partial charge is 0.399 e. The molecule has 3 rings (SSSR count). The van der Waals surface area contributed by atoms with Crippen molar-refractivity contribution in [1.82, 2.24) is 10.4 Å². The predicted molar refractivity (Wildman–Crippen MR) is 115 cm³/mol. The molecule has 8 heteroatoms. The first kappa shape index (κ1) is 21.6. The summed E-state index contributed by atoms with van der Waals surface area (Å²) >= 11 is 12.1. The van der Waals surface area contributed by atoms with Crippen molar-refractivity contribution in [2.75, 3.05) is 33.4 Å². The number of amides is 1. The van der Waals surface area contributed by atoms with E-state index in [4.69, 9.17) is 32.8 Å². The number of benzene rings is 2. The zero-order chi connectivity index (χ0) is 20.6. The zero-order valence-corrected chi connectivity index (χ0v) is 17.7. The lowest BCUT2D eigenvalue weighted by Gasteiger charge is -2.26. The van der Waals surface area contributed by atoms with E-state index in [1.165, 1.54) is 7.11 Å². The summed E-state index contributed by atoms with van der Waals surface area (Å²) in [6, 6.07) is 13.0. The summed E-state index contributed by atoms with van der Waals surface area (Å²) in [5, 5.41) is 7.05. The molecule has 0 bridgehead atoms. The van der Waals surface area contributed by atoms with Crippen LogP contribution in [0, 0.1) is 0 Å². The van der Waals surface area contributed by atoms with Crippen molar-refractivity contribution >= 4 is 34.8 Å². The van der Waals surface area contributed by atoms with Crippen LogP contribution in [0.5, 0.6) is 0 Å². The lowest BCUT2D eigenvalue weighted by atomic mass is 10.0. The molecule has 2 aromatic rings. The van der Waals surface area contributed by atoms with Gasteiger partial charge in [-0.15, -0.1) is 0 Å². The maximum atomic E-state index is 12.4. The molecule has 0 saturated carbocycles. The number of carbonyl (C=O) groups is 1. The number of hydrogen-bond acceptors (Lipinski definition) is 5. The van der Waals surface area contributed by atoms with Gasteiger partial charge in [0.1, 0.15) is 7.11 Å². The van der Waals surface area contributed by atoms with Gasteiger partial charge in [0.15, 0.2) is 0 Å². The summed E-state index contributed by atoms with van der Waals surface area (Å²) < 4.78 is 5.29. The highest BCUT2D eigenvalue weighted by atomic mass is 35.5. The molecule has 1 N–H and O–H groups in total. The molecule has 6 nitrogen and oxygen atoms in total. The normalized spacial score (nSPS) is 15.2. The number of morpholine rings is 1. The highest BCUT2D eigenvalue weighted by Gasteiger charge is 2.14. The fourth-order valence-electron chi connectivity index (χ4n) is 3.03. The van der Waals surface area contributed by atoms with Crippen molar-refractivity contribution in [3.8, 4) is 0 Å². The summed E-state index contributed by atoms with van der Waals surface area (Å²) in [5.41, 5.74) is 6.38. The van der Waals surface area contributed by atoms with Crippen LogP contribution in [0.3, 0.4) is 0 Å². The minimum Gasteiger partial charge on any atom is -0.399 e. The van der Waals surface area contributed by atoms with E-state index in [-0.39, 0.29) is 5.91 Å². The Balaban J connectivity index is 1.62. The highest BCUT2D eigenvalue weighted by molar-refractivity contribution is 6.42. The van der Waals surface area contributed by atoms with Crippen LogP contribution in [0.25, 0.3) is 0 Å². The second kappa shape index (κ2) is 10.6. The summed E-state index contributed by atoms with van der Waals surface area (Å²) in [7, 11) is 1.52. The number of carbonyl (C=O) groups excluding carboxylic acids is 1. The molecule has 0 radical (unpaired) electrons. The van der Waals surface area contributed by atoms with Gasteiger partial charge in [-0.25, -0.2) is 5.01 Å². The van der Waals surface area contributed by atoms with Crippen molar-refractivity contribution in [3.63, 3.8) is 0 Å². The Bertz CT molecular complexity index is 866. The zero-order valence-electron chi connectivity index (χ0n) is 16.2. The Kier molecular flexibility index (Phi) is 7.89. The van der Waals surface area contributed by atoms with Gasteiger partial charge in [0, 0.05) is 31.5 Å². The molecule has 1 amide bonds. The first-order valence-corrected chi connectivity index (χ1v) is 10.1. The van der Waals surface area contributed by atoms with E-state index >= 15 is 0 Å². The number of oxime groups is 1. The number of hydrogen-bond donors (Lipinski definition) is 1. The van der Waals surface area contributed by atoms with E-state index in [9.17, 15) is 4.79 Å². The number of hydrazine groups is 1. The molecule has 0 aromatic heterocycles. The van der Waals surface area contributed by atoms with E-state index in [0.29, 0.717) is 54.8 Å². The second-order valence-electron chi connectivity index (χ2n) is 6.68. The van der Waals surface area contributed by atoms with Gasteiger partial charge in [0.2, 0.25) is 0 Å². The number of halogens is 2. The van der Waals surface area contributed by atoms with Crippen LogP contribution in [-0.2, 0) is 22.4 Å². The van der Waals surface area contributed by atoms with Crippen LogP contribution in [0.2, 0.25) is 10.0 Å². The van der Waals surface area contributed by atoms with Crippen molar-refractivity contribution in [2.24, 2.45) is 5.16 Å². The van der Waals surface area contributed by atoms with Crippen molar-refractivity contribution in [2.45, 2.75) is 12.8 Å². The molecule has 1 fully saturated rings. The molecular formula is C21H23Cl2N3O3.